The van der Waals surface area contributed by atoms with E-state index in [4.69, 9.17) is 37.9 Å². The van der Waals surface area contributed by atoms with Gasteiger partial charge < -0.3 is 84.3 Å². The fraction of sp³-hybridized carbons (Fsp3) is 0.905. The molecule has 3 saturated heterocycles. The van der Waals surface area contributed by atoms with Crippen molar-refractivity contribution in [1.29, 1.82) is 0 Å². The summed E-state index contributed by atoms with van der Waals surface area (Å²) >= 11 is 0. The maximum atomic E-state index is 12.9. The van der Waals surface area contributed by atoms with Crippen LogP contribution in [0.1, 0.15) is 158 Å². The number of hydrogen-bond acceptors (Lipinski definition) is 17. The van der Waals surface area contributed by atoms with Crippen molar-refractivity contribution in [2.75, 3.05) is 59.8 Å². The summed E-state index contributed by atoms with van der Waals surface area (Å²) in [5.74, 6) is 3.59. The Morgan fingerprint density at radius 2 is 1.26 bits per heavy atom. The number of carbonyl (C=O) groups excluding carboxylic acids is 2. The Labute approximate surface area is 490 Å². The summed E-state index contributed by atoms with van der Waals surface area (Å²) in [5.41, 5.74) is 2.20. The molecule has 19 nitrogen and oxygen atoms in total. The van der Waals surface area contributed by atoms with E-state index in [1.54, 1.807) is 13.0 Å². The summed E-state index contributed by atoms with van der Waals surface area (Å²) in [6.07, 6.45) is 6.01. The van der Waals surface area contributed by atoms with Crippen LogP contribution in [0, 0.1) is 58.2 Å². The summed E-state index contributed by atoms with van der Waals surface area (Å²) < 4.78 is 45.9. The largest absolute Gasteiger partial charge is 0.447 e. The van der Waals surface area contributed by atoms with Gasteiger partial charge in [-0.25, -0.2) is 9.59 Å². The first-order valence-corrected chi connectivity index (χ1v) is 31.6. The van der Waals surface area contributed by atoms with Crippen LogP contribution in [-0.2, 0) is 37.9 Å². The van der Waals surface area contributed by atoms with Gasteiger partial charge in [0.2, 0.25) is 0 Å². The minimum Gasteiger partial charge on any atom is -0.447 e. The molecule has 7 aliphatic rings. The van der Waals surface area contributed by atoms with Crippen molar-refractivity contribution in [3.05, 3.63) is 24.3 Å². The fourth-order valence-corrected chi connectivity index (χ4v) is 15.7. The number of fused-ring (bicyclic) bond motifs is 5. The molecule has 6 fully saturated rings. The summed E-state index contributed by atoms with van der Waals surface area (Å²) in [6.45, 7) is 21.4. The first-order valence-electron chi connectivity index (χ1n) is 31.6. The van der Waals surface area contributed by atoms with Gasteiger partial charge in [-0.05, 0) is 124 Å². The van der Waals surface area contributed by atoms with E-state index < -0.39 is 97.3 Å². The normalized spacial score (nSPS) is 40.2. The van der Waals surface area contributed by atoms with Crippen LogP contribution in [0.3, 0.4) is 0 Å². The SMILES string of the molecule is C=CC.CC[C@@H]1C(COC(=O)NCCCCCCNC(=O)O[C@H]2CC[C@@]3(C)C(=CCC4C3CC[C@@]3(C)C4CC[C@@H]3[C@H](C)CCCC(C)C)C2)O[C@H](COC[C@@H]2C(C)O[C@H](COCC3O[C@H](COC)C(O)[C@H](O)[C@@H]3O)C(O)[C@@H]2O)C(O)[C@@H]1O. The fourth-order valence-electron chi connectivity index (χ4n) is 15.7. The molecular weight excluding hydrogens is 1060 g/mol. The molecule has 0 bridgehead atoms. The van der Waals surface area contributed by atoms with Gasteiger partial charge in [0.25, 0.3) is 0 Å². The van der Waals surface area contributed by atoms with E-state index in [1.807, 2.05) is 13.8 Å². The summed E-state index contributed by atoms with van der Waals surface area (Å²) in [5, 5.41) is 80.6. The summed E-state index contributed by atoms with van der Waals surface area (Å²) in [6, 6.07) is 0. The van der Waals surface area contributed by atoms with Crippen molar-refractivity contribution in [2.45, 2.75) is 244 Å². The van der Waals surface area contributed by atoms with Crippen molar-refractivity contribution >= 4 is 12.2 Å². The van der Waals surface area contributed by atoms with Crippen LogP contribution in [0.5, 0.6) is 0 Å². The Kier molecular flexibility index (Phi) is 27.2. The van der Waals surface area contributed by atoms with Gasteiger partial charge in [0.05, 0.1) is 57.5 Å². The highest BCUT2D eigenvalue weighted by Gasteiger charge is 2.59. The van der Waals surface area contributed by atoms with Gasteiger partial charge in [-0.15, -0.1) is 6.58 Å². The lowest BCUT2D eigenvalue weighted by Gasteiger charge is -2.58. The Morgan fingerprint density at radius 1 is 0.683 bits per heavy atom. The first-order chi connectivity index (χ1) is 39.1. The molecule has 3 saturated carbocycles. The van der Waals surface area contributed by atoms with E-state index in [2.05, 4.69) is 57.9 Å². The Balaban J connectivity index is 0.00000352. The van der Waals surface area contributed by atoms with Crippen molar-refractivity contribution in [3.63, 3.8) is 0 Å². The highest BCUT2D eigenvalue weighted by atomic mass is 16.6. The van der Waals surface area contributed by atoms with Crippen LogP contribution < -0.4 is 10.6 Å². The number of rotatable bonds is 26. The number of aliphatic hydroxyl groups is 7. The lowest BCUT2D eigenvalue weighted by Crippen LogP contribution is -2.60. The topological polar surface area (TPSA) is 274 Å². The number of unbranched alkanes of at least 4 members (excludes halogenated alkanes) is 3. The van der Waals surface area contributed by atoms with Crippen LogP contribution in [0.2, 0.25) is 0 Å². The van der Waals surface area contributed by atoms with Crippen molar-refractivity contribution < 1.29 is 83.2 Å². The van der Waals surface area contributed by atoms with E-state index >= 15 is 0 Å². The number of carbonyl (C=O) groups is 2. The number of nitrogens with one attached hydrogen (secondary N) is 2. The summed E-state index contributed by atoms with van der Waals surface area (Å²) in [4.78, 5) is 25.7. The van der Waals surface area contributed by atoms with Crippen molar-refractivity contribution in [1.82, 2.24) is 10.6 Å². The molecule has 2 amide bonds. The van der Waals surface area contributed by atoms with E-state index in [-0.39, 0.29) is 57.3 Å². The molecule has 4 aliphatic carbocycles. The van der Waals surface area contributed by atoms with E-state index in [0.717, 1.165) is 80.5 Å². The molecule has 7 rings (SSSR count). The molecule has 3 aliphatic heterocycles. The molecule has 0 spiro atoms. The average molecular weight is 1170 g/mol. The lowest BCUT2D eigenvalue weighted by molar-refractivity contribution is -0.250. The van der Waals surface area contributed by atoms with Gasteiger partial charge in [0, 0.05) is 38.5 Å². The van der Waals surface area contributed by atoms with E-state index in [9.17, 15) is 45.3 Å². The second-order valence-corrected chi connectivity index (χ2v) is 26.3. The van der Waals surface area contributed by atoms with Crippen molar-refractivity contribution in [3.8, 4) is 0 Å². The van der Waals surface area contributed by atoms with Gasteiger partial charge in [-0.1, -0.05) is 91.4 Å². The lowest BCUT2D eigenvalue weighted by atomic mass is 9.47. The van der Waals surface area contributed by atoms with E-state index in [1.165, 1.54) is 64.0 Å². The molecule has 3 heterocycles. The van der Waals surface area contributed by atoms with Gasteiger partial charge in [0.15, 0.2) is 0 Å². The number of aliphatic hydroxyl groups excluding tert-OH is 7. The molecule has 0 aromatic rings. The molecule has 474 valence electrons. The molecule has 0 aromatic heterocycles. The van der Waals surface area contributed by atoms with Crippen LogP contribution in [0.15, 0.2) is 24.3 Å². The van der Waals surface area contributed by atoms with Crippen LogP contribution >= 0.6 is 0 Å². The Morgan fingerprint density at radius 3 is 1.88 bits per heavy atom. The van der Waals surface area contributed by atoms with Crippen LogP contribution in [-0.4, -0.2) is 193 Å². The zero-order chi connectivity index (χ0) is 59.9. The minimum absolute atomic E-state index is 0.0122. The maximum Gasteiger partial charge on any atom is 0.407 e. The number of allylic oxidation sites excluding steroid dienone is 2. The number of hydrogen-bond donors (Lipinski definition) is 9. The smallest absolute Gasteiger partial charge is 0.407 e. The molecular formula is C63H110N2O17. The molecule has 23 atom stereocenters. The van der Waals surface area contributed by atoms with Gasteiger partial charge in [-0.2, -0.15) is 0 Å². The van der Waals surface area contributed by atoms with Gasteiger partial charge in [-0.3, -0.25) is 0 Å². The number of methoxy groups -OCH3 is 1. The standard InChI is InChI=1S/C60H104N2O17.C3H6/c1-9-39-45(78-48(53(66)50(39)63)31-73-28-41-36(5)76-47(52(65)51(41)64)30-74-32-49-55(68)56(69)54(67)46(79-49)29-72-8)33-75-57(70)61-25-12-10-11-13-26-62-58(71)77-38-21-23-59(6)37(27-38)17-18-40-43-20-19-42(35(4)16-14-15-34(2)3)60(43,7)24-22-44(40)59;1-3-2/h17,34-36,38-56,63-69H,9-16,18-33H2,1-8H3,(H,61,70)(H,62,71);3H,1H2,2H3/t35-,36?,38+,39-,40?,41-,42-,43?,44?,45?,46-,47-,48-,49?,50-,51-,52?,53?,54?,55-,56+,59+,60-;/m1./s1. The van der Waals surface area contributed by atoms with Gasteiger partial charge in [0.1, 0.15) is 67.6 Å². The highest BCUT2D eigenvalue weighted by molar-refractivity contribution is 5.67. The quantitative estimate of drug-likeness (QED) is 0.0319. The second kappa shape index (κ2) is 32.5. The predicted octanol–water partition coefficient (Wildman–Crippen LogP) is 6.77. The third-order valence-corrected chi connectivity index (χ3v) is 20.5. The molecule has 82 heavy (non-hydrogen) atoms. The Bertz CT molecular complexity index is 1970. The molecule has 0 radical (unpaired) electrons. The maximum absolute atomic E-state index is 12.9. The van der Waals surface area contributed by atoms with Crippen molar-refractivity contribution in [2.24, 2.45) is 58.2 Å². The zero-order valence-corrected chi connectivity index (χ0v) is 51.2. The molecule has 9 N–H and O–H groups in total. The second-order valence-electron chi connectivity index (χ2n) is 26.3. The molecule has 9 unspecified atom stereocenters. The third-order valence-electron chi connectivity index (χ3n) is 20.5. The highest BCUT2D eigenvalue weighted by Crippen LogP contribution is 2.67. The van der Waals surface area contributed by atoms with Crippen LogP contribution in [0.4, 0.5) is 9.59 Å². The first kappa shape index (κ1) is 68.6. The minimum atomic E-state index is -1.47. The van der Waals surface area contributed by atoms with Crippen LogP contribution in [0.25, 0.3) is 0 Å². The average Bonchev–Trinajstić information content (AvgIpc) is 3.36. The predicted molar refractivity (Wildman–Crippen MR) is 309 cm³/mol. The zero-order valence-electron chi connectivity index (χ0n) is 51.2. The third kappa shape index (κ3) is 17.2. The van der Waals surface area contributed by atoms with E-state index in [0.29, 0.717) is 24.9 Å². The molecule has 0 aromatic carbocycles. The number of ether oxygens (including phenoxy) is 8. The Hall–Kier alpha value is -2.50. The number of amides is 2. The number of alkyl carbamates (subject to hydrolysis) is 2. The summed E-state index contributed by atoms with van der Waals surface area (Å²) in [7, 11) is 1.42. The molecule has 19 heteroatoms. The monoisotopic (exact) mass is 1170 g/mol. The van der Waals surface area contributed by atoms with Gasteiger partial charge >= 0.3 is 12.2 Å².